The second kappa shape index (κ2) is 9.45. The van der Waals surface area contributed by atoms with Gasteiger partial charge in [-0.1, -0.05) is 13.8 Å². The van der Waals surface area contributed by atoms with Gasteiger partial charge in [-0.2, -0.15) is 0 Å². The van der Waals surface area contributed by atoms with Gasteiger partial charge in [0.15, 0.2) is 5.96 Å². The van der Waals surface area contributed by atoms with Crippen molar-refractivity contribution in [2.24, 2.45) is 18.0 Å². The molecule has 0 aliphatic carbocycles. The number of aromatic nitrogens is 1. The Bertz CT molecular complexity index is 426. The van der Waals surface area contributed by atoms with E-state index in [4.69, 9.17) is 4.74 Å². The minimum Gasteiger partial charge on any atom is -0.378 e. The van der Waals surface area contributed by atoms with Gasteiger partial charge in [-0.3, -0.25) is 4.99 Å². The molecule has 21 heavy (non-hydrogen) atoms. The average molecular weight is 294 g/mol. The highest BCUT2D eigenvalue weighted by atomic mass is 16.5. The summed E-state index contributed by atoms with van der Waals surface area (Å²) < 4.78 is 7.79. The van der Waals surface area contributed by atoms with E-state index >= 15 is 0 Å². The molecule has 0 saturated heterocycles. The van der Waals surface area contributed by atoms with E-state index in [1.165, 1.54) is 5.56 Å². The fourth-order valence-electron chi connectivity index (χ4n) is 2.23. The summed E-state index contributed by atoms with van der Waals surface area (Å²) in [7, 11) is 3.82. The van der Waals surface area contributed by atoms with E-state index in [2.05, 4.69) is 41.7 Å². The zero-order valence-electron chi connectivity index (χ0n) is 14.0. The molecule has 120 valence electrons. The van der Waals surface area contributed by atoms with Crippen LogP contribution in [-0.2, 0) is 18.3 Å². The zero-order chi connectivity index (χ0) is 15.7. The van der Waals surface area contributed by atoms with Crippen molar-refractivity contribution >= 4 is 5.96 Å². The summed E-state index contributed by atoms with van der Waals surface area (Å²) in [6.07, 6.45) is 5.43. The zero-order valence-corrected chi connectivity index (χ0v) is 14.0. The molecule has 0 aliphatic rings. The molecule has 0 fully saturated rings. The van der Waals surface area contributed by atoms with Gasteiger partial charge in [0, 0.05) is 46.2 Å². The van der Waals surface area contributed by atoms with Gasteiger partial charge in [0.1, 0.15) is 0 Å². The highest BCUT2D eigenvalue weighted by molar-refractivity contribution is 5.79. The summed E-state index contributed by atoms with van der Waals surface area (Å²) in [5.41, 5.74) is 1.25. The van der Waals surface area contributed by atoms with Crippen LogP contribution in [0.15, 0.2) is 23.5 Å². The lowest BCUT2D eigenvalue weighted by Crippen LogP contribution is -2.38. The van der Waals surface area contributed by atoms with Gasteiger partial charge < -0.3 is 19.9 Å². The molecular weight excluding hydrogens is 264 g/mol. The Kier molecular flexibility index (Phi) is 7.90. The number of aliphatic imine (C=N–C) groups is 1. The van der Waals surface area contributed by atoms with Crippen LogP contribution in [0.2, 0.25) is 0 Å². The minimum absolute atomic E-state index is 0.301. The van der Waals surface area contributed by atoms with Crippen LogP contribution in [0.1, 0.15) is 32.8 Å². The summed E-state index contributed by atoms with van der Waals surface area (Å²) in [4.78, 5) is 4.24. The molecule has 0 saturated carbocycles. The van der Waals surface area contributed by atoms with E-state index in [0.29, 0.717) is 12.0 Å². The molecule has 2 N–H and O–H groups in total. The number of aryl methyl sites for hydroxylation is 1. The van der Waals surface area contributed by atoms with Crippen molar-refractivity contribution in [3.05, 3.63) is 24.0 Å². The average Bonchev–Trinajstić information content (AvgIpc) is 2.86. The van der Waals surface area contributed by atoms with Gasteiger partial charge in [0.25, 0.3) is 0 Å². The molecule has 0 amide bonds. The van der Waals surface area contributed by atoms with Crippen LogP contribution in [0.4, 0.5) is 0 Å². The number of guanidine groups is 1. The molecule has 1 heterocycles. The third kappa shape index (κ3) is 6.67. The molecule has 1 aromatic rings. The van der Waals surface area contributed by atoms with E-state index < -0.39 is 0 Å². The van der Waals surface area contributed by atoms with Crippen LogP contribution in [0, 0.1) is 5.92 Å². The van der Waals surface area contributed by atoms with E-state index in [9.17, 15) is 0 Å². The molecule has 0 spiro atoms. The quantitative estimate of drug-likeness (QED) is 0.570. The maximum atomic E-state index is 5.75. The highest BCUT2D eigenvalue weighted by Gasteiger charge is 2.12. The van der Waals surface area contributed by atoms with Gasteiger partial charge in [-0.05, 0) is 30.9 Å². The predicted octanol–water partition coefficient (Wildman–Crippen LogP) is 2.14. The Morgan fingerprint density at radius 2 is 2.14 bits per heavy atom. The summed E-state index contributed by atoms with van der Waals surface area (Å²) >= 11 is 0. The number of hydrogen-bond acceptors (Lipinski definition) is 2. The molecule has 5 nitrogen and oxygen atoms in total. The lowest BCUT2D eigenvalue weighted by atomic mass is 10.0. The van der Waals surface area contributed by atoms with Crippen LogP contribution in [0.5, 0.6) is 0 Å². The third-order valence-corrected chi connectivity index (χ3v) is 3.42. The minimum atomic E-state index is 0.301. The smallest absolute Gasteiger partial charge is 0.191 e. The number of nitrogens with zero attached hydrogens (tertiary/aromatic N) is 2. The molecule has 0 radical (unpaired) electrons. The van der Waals surface area contributed by atoms with Crippen molar-refractivity contribution in [1.82, 2.24) is 15.2 Å². The van der Waals surface area contributed by atoms with Crippen molar-refractivity contribution in [2.45, 2.75) is 39.8 Å². The number of rotatable bonds is 8. The second-order valence-electron chi connectivity index (χ2n) is 5.56. The summed E-state index contributed by atoms with van der Waals surface area (Å²) in [5, 5.41) is 6.66. The molecule has 1 unspecified atom stereocenters. The van der Waals surface area contributed by atoms with Gasteiger partial charge in [0.05, 0.1) is 6.10 Å². The molecule has 0 aromatic carbocycles. The Morgan fingerprint density at radius 3 is 2.67 bits per heavy atom. The SMILES string of the molecule is CCOC(CCNC(=NC)NCc1ccn(C)c1)C(C)C. The maximum absolute atomic E-state index is 5.75. The molecule has 1 aromatic heterocycles. The van der Waals surface area contributed by atoms with Crippen LogP contribution in [0.25, 0.3) is 0 Å². The Labute approximate surface area is 128 Å². The lowest BCUT2D eigenvalue weighted by Gasteiger charge is -2.21. The van der Waals surface area contributed by atoms with E-state index in [0.717, 1.165) is 32.1 Å². The number of ether oxygens (including phenoxy) is 1. The summed E-state index contributed by atoms with van der Waals surface area (Å²) in [6.45, 7) is 8.84. The number of hydrogen-bond donors (Lipinski definition) is 2. The van der Waals surface area contributed by atoms with E-state index in [1.54, 1.807) is 7.05 Å². The van der Waals surface area contributed by atoms with Crippen molar-refractivity contribution in [1.29, 1.82) is 0 Å². The standard InChI is InChI=1S/C16H30N4O/c1-6-21-15(13(2)3)7-9-18-16(17-4)19-11-14-8-10-20(5)12-14/h8,10,12-13,15H,6-7,9,11H2,1-5H3,(H2,17,18,19). The van der Waals surface area contributed by atoms with Crippen molar-refractivity contribution < 1.29 is 4.74 Å². The van der Waals surface area contributed by atoms with Crippen molar-refractivity contribution in [3.63, 3.8) is 0 Å². The molecule has 0 aliphatic heterocycles. The first-order chi connectivity index (χ1) is 10.1. The summed E-state index contributed by atoms with van der Waals surface area (Å²) in [6, 6.07) is 2.10. The normalized spacial score (nSPS) is 13.5. The maximum Gasteiger partial charge on any atom is 0.191 e. The first-order valence-corrected chi connectivity index (χ1v) is 7.73. The Hall–Kier alpha value is -1.49. The fraction of sp³-hybridized carbons (Fsp3) is 0.688. The lowest BCUT2D eigenvalue weighted by molar-refractivity contribution is 0.0258. The number of nitrogens with one attached hydrogen (secondary N) is 2. The van der Waals surface area contributed by atoms with Crippen molar-refractivity contribution in [3.8, 4) is 0 Å². The van der Waals surface area contributed by atoms with E-state index in [-0.39, 0.29) is 0 Å². The molecule has 0 bridgehead atoms. The highest BCUT2D eigenvalue weighted by Crippen LogP contribution is 2.09. The fourth-order valence-corrected chi connectivity index (χ4v) is 2.23. The topological polar surface area (TPSA) is 50.6 Å². The van der Waals surface area contributed by atoms with Crippen LogP contribution >= 0.6 is 0 Å². The molecule has 1 rings (SSSR count). The predicted molar refractivity (Wildman–Crippen MR) is 88.5 cm³/mol. The summed E-state index contributed by atoms with van der Waals surface area (Å²) in [5.74, 6) is 1.36. The largest absolute Gasteiger partial charge is 0.378 e. The first kappa shape index (κ1) is 17.6. The van der Waals surface area contributed by atoms with E-state index in [1.807, 2.05) is 24.7 Å². The molecule has 5 heteroatoms. The van der Waals surface area contributed by atoms with Gasteiger partial charge in [-0.25, -0.2) is 0 Å². The second-order valence-corrected chi connectivity index (χ2v) is 5.56. The first-order valence-electron chi connectivity index (χ1n) is 7.73. The Morgan fingerprint density at radius 1 is 1.38 bits per heavy atom. The third-order valence-electron chi connectivity index (χ3n) is 3.42. The molecule has 1 atom stereocenters. The van der Waals surface area contributed by atoms with Crippen LogP contribution in [0.3, 0.4) is 0 Å². The Balaban J connectivity index is 2.31. The van der Waals surface area contributed by atoms with Crippen LogP contribution < -0.4 is 10.6 Å². The van der Waals surface area contributed by atoms with Gasteiger partial charge >= 0.3 is 0 Å². The van der Waals surface area contributed by atoms with Crippen molar-refractivity contribution in [2.75, 3.05) is 20.2 Å². The van der Waals surface area contributed by atoms with Gasteiger partial charge in [-0.15, -0.1) is 0 Å². The van der Waals surface area contributed by atoms with Gasteiger partial charge in [0.2, 0.25) is 0 Å². The molecular formula is C16H30N4O. The monoisotopic (exact) mass is 294 g/mol. The van der Waals surface area contributed by atoms with Crippen LogP contribution in [-0.4, -0.2) is 36.8 Å².